The van der Waals surface area contributed by atoms with E-state index in [1.165, 1.54) is 11.8 Å². The zero-order valence-electron chi connectivity index (χ0n) is 11.7. The molecular formula is C16H22BN. The van der Waals surface area contributed by atoms with Crippen LogP contribution in [0.15, 0.2) is 64.8 Å². The highest BCUT2D eigenvalue weighted by molar-refractivity contribution is 6.17. The fourth-order valence-electron chi connectivity index (χ4n) is 1.54. The fraction of sp³-hybridized carbons (Fsp3) is 0.312. The van der Waals surface area contributed by atoms with Gasteiger partial charge in [0, 0.05) is 12.4 Å². The second-order valence-corrected chi connectivity index (χ2v) is 3.96. The van der Waals surface area contributed by atoms with Crippen molar-refractivity contribution in [1.82, 2.24) is 0 Å². The van der Waals surface area contributed by atoms with Gasteiger partial charge in [-0.3, -0.25) is 4.99 Å². The Morgan fingerprint density at radius 2 is 1.94 bits per heavy atom. The lowest BCUT2D eigenvalue weighted by atomic mass is 9.90. The van der Waals surface area contributed by atoms with Crippen molar-refractivity contribution in [1.29, 1.82) is 0 Å². The predicted molar refractivity (Wildman–Crippen MR) is 84.1 cm³/mol. The van der Waals surface area contributed by atoms with E-state index in [1.807, 2.05) is 13.0 Å². The first kappa shape index (κ1) is 16.4. The first-order chi connectivity index (χ1) is 8.60. The Bertz CT molecular complexity index is 409. The molecule has 1 nitrogen and oxygen atoms in total. The van der Waals surface area contributed by atoms with E-state index in [4.69, 9.17) is 7.85 Å². The first-order valence-electron chi connectivity index (χ1n) is 6.22. The monoisotopic (exact) mass is 239 g/mol. The van der Waals surface area contributed by atoms with Crippen molar-refractivity contribution in [3.8, 4) is 0 Å². The molecule has 0 rings (SSSR count). The van der Waals surface area contributed by atoms with Crippen LogP contribution < -0.4 is 0 Å². The van der Waals surface area contributed by atoms with Crippen molar-refractivity contribution >= 4 is 14.1 Å². The molecule has 94 valence electrons. The van der Waals surface area contributed by atoms with E-state index in [9.17, 15) is 0 Å². The first-order valence-corrected chi connectivity index (χ1v) is 6.22. The van der Waals surface area contributed by atoms with Crippen molar-refractivity contribution in [2.45, 2.75) is 33.6 Å². The molecule has 0 unspecified atom stereocenters. The number of rotatable bonds is 7. The lowest BCUT2D eigenvalue weighted by Crippen LogP contribution is -1.92. The summed E-state index contributed by atoms with van der Waals surface area (Å²) >= 11 is 0. The molecule has 0 fully saturated rings. The van der Waals surface area contributed by atoms with Crippen LogP contribution in [0.2, 0.25) is 0 Å². The number of hydrogen-bond acceptors (Lipinski definition) is 1. The minimum atomic E-state index is 0.896. The molecule has 0 heterocycles. The van der Waals surface area contributed by atoms with E-state index in [2.05, 4.69) is 38.1 Å². The zero-order valence-corrected chi connectivity index (χ0v) is 11.7. The molecule has 18 heavy (non-hydrogen) atoms. The van der Waals surface area contributed by atoms with Crippen LogP contribution in [0.1, 0.15) is 33.6 Å². The summed E-state index contributed by atoms with van der Waals surface area (Å²) < 4.78 is 0. The largest absolute Gasteiger partial charge is 0.265 e. The highest BCUT2D eigenvalue weighted by Crippen LogP contribution is 2.22. The highest BCUT2D eigenvalue weighted by Gasteiger charge is 2.03. The van der Waals surface area contributed by atoms with Gasteiger partial charge < -0.3 is 0 Å². The topological polar surface area (TPSA) is 12.4 Å². The Labute approximate surface area is 113 Å². The molecule has 0 aliphatic heterocycles. The van der Waals surface area contributed by atoms with Crippen molar-refractivity contribution in [2.24, 2.45) is 4.99 Å². The van der Waals surface area contributed by atoms with Crippen molar-refractivity contribution in [3.05, 3.63) is 59.8 Å². The maximum absolute atomic E-state index is 5.66. The van der Waals surface area contributed by atoms with Crippen molar-refractivity contribution < 1.29 is 0 Å². The third kappa shape index (κ3) is 5.67. The Morgan fingerprint density at radius 1 is 1.28 bits per heavy atom. The summed E-state index contributed by atoms with van der Waals surface area (Å²) in [4.78, 5) is 3.97. The highest BCUT2D eigenvalue weighted by atomic mass is 14.6. The van der Waals surface area contributed by atoms with Crippen LogP contribution in [0.5, 0.6) is 0 Å². The van der Waals surface area contributed by atoms with Gasteiger partial charge in [0.2, 0.25) is 0 Å². The van der Waals surface area contributed by atoms with E-state index >= 15 is 0 Å². The van der Waals surface area contributed by atoms with Gasteiger partial charge in [-0.15, -0.1) is 5.98 Å². The molecule has 0 aliphatic carbocycles. The maximum atomic E-state index is 5.66. The molecule has 0 atom stereocenters. The van der Waals surface area contributed by atoms with Gasteiger partial charge in [-0.05, 0) is 37.0 Å². The second-order valence-electron chi connectivity index (χ2n) is 3.96. The number of allylic oxidation sites excluding steroid dienone is 6. The van der Waals surface area contributed by atoms with Gasteiger partial charge in [0.15, 0.2) is 0 Å². The summed E-state index contributed by atoms with van der Waals surface area (Å²) in [5, 5.41) is 0. The van der Waals surface area contributed by atoms with E-state index in [-0.39, 0.29) is 0 Å². The van der Waals surface area contributed by atoms with Crippen LogP contribution in [-0.2, 0) is 0 Å². The molecule has 0 aromatic heterocycles. The lowest BCUT2D eigenvalue weighted by molar-refractivity contribution is 1.09. The molecule has 2 radical (unpaired) electrons. The van der Waals surface area contributed by atoms with Gasteiger partial charge in [-0.25, -0.2) is 0 Å². The van der Waals surface area contributed by atoms with E-state index in [1.54, 1.807) is 12.2 Å². The molecule has 0 bridgehead atoms. The summed E-state index contributed by atoms with van der Waals surface area (Å²) in [5.74, 6) is 1.66. The molecule has 0 N–H and O–H groups in total. The Balaban J connectivity index is 5.39. The Hall–Kier alpha value is -1.57. The smallest absolute Gasteiger partial charge is 0.103 e. The minimum absolute atomic E-state index is 0.896. The summed E-state index contributed by atoms with van der Waals surface area (Å²) in [5.41, 5.74) is 4.43. The molecule has 0 aliphatic rings. The van der Waals surface area contributed by atoms with Crippen molar-refractivity contribution in [3.63, 3.8) is 0 Å². The van der Waals surface area contributed by atoms with Crippen LogP contribution in [0, 0.1) is 0 Å². The number of hydrogen-bond donors (Lipinski definition) is 0. The van der Waals surface area contributed by atoms with Crippen LogP contribution in [0.4, 0.5) is 0 Å². The third-order valence-corrected chi connectivity index (χ3v) is 2.61. The van der Waals surface area contributed by atoms with Crippen LogP contribution >= 0.6 is 0 Å². The van der Waals surface area contributed by atoms with Crippen molar-refractivity contribution in [2.75, 3.05) is 0 Å². The summed E-state index contributed by atoms with van der Waals surface area (Å²) in [6.45, 7) is 13.8. The van der Waals surface area contributed by atoms with Gasteiger partial charge in [0.05, 0.1) is 0 Å². The molecule has 0 spiro atoms. The molecule has 0 saturated heterocycles. The van der Waals surface area contributed by atoms with Gasteiger partial charge in [0.25, 0.3) is 0 Å². The van der Waals surface area contributed by atoms with Crippen LogP contribution in [0.25, 0.3) is 0 Å². The van der Waals surface area contributed by atoms with Gasteiger partial charge in [-0.1, -0.05) is 44.2 Å². The zero-order chi connectivity index (χ0) is 14.0. The minimum Gasteiger partial charge on any atom is -0.265 e. The van der Waals surface area contributed by atoms with E-state index < -0.39 is 0 Å². The standard InChI is InChI=1S/C16H22BN/c1-6-14(9-10-18-8-3)11-16(13(4)5)15(7-2)12-17/h8-12H,3-4,6-7H2,1-2,5H3/b14-9-,15-12-,16-11-,18-10?. The molecule has 0 saturated carbocycles. The van der Waals surface area contributed by atoms with Crippen LogP contribution in [0.3, 0.4) is 0 Å². The quantitative estimate of drug-likeness (QED) is 0.352. The molecule has 0 aromatic rings. The second kappa shape index (κ2) is 9.46. The molecular weight excluding hydrogens is 217 g/mol. The summed E-state index contributed by atoms with van der Waals surface area (Å²) in [7, 11) is 5.66. The molecule has 0 aromatic carbocycles. The summed E-state index contributed by atoms with van der Waals surface area (Å²) in [6.07, 6.45) is 9.20. The number of nitrogens with zero attached hydrogens (tertiary/aromatic N) is 1. The van der Waals surface area contributed by atoms with E-state index in [0.717, 1.165) is 29.6 Å². The normalized spacial score (nSPS) is 14.1. The van der Waals surface area contributed by atoms with Gasteiger partial charge >= 0.3 is 0 Å². The fourth-order valence-corrected chi connectivity index (χ4v) is 1.54. The SMILES string of the molecule is [B]\C=C(CC)/C(=C\C(=C/C=NC=C)CC)C(=C)C. The average Bonchev–Trinajstić information content (AvgIpc) is 2.36. The van der Waals surface area contributed by atoms with Gasteiger partial charge in [-0.2, -0.15) is 0 Å². The molecule has 0 amide bonds. The van der Waals surface area contributed by atoms with Crippen LogP contribution in [-0.4, -0.2) is 14.1 Å². The molecule has 2 heteroatoms. The Kier molecular flexibility index (Phi) is 8.64. The summed E-state index contributed by atoms with van der Waals surface area (Å²) in [6, 6.07) is 0. The Morgan fingerprint density at radius 3 is 2.33 bits per heavy atom. The predicted octanol–water partition coefficient (Wildman–Crippen LogP) is 4.50. The average molecular weight is 239 g/mol. The van der Waals surface area contributed by atoms with E-state index in [0.29, 0.717) is 0 Å². The number of aliphatic imine (C=N–C) groups is 1. The maximum Gasteiger partial charge on any atom is 0.103 e. The van der Waals surface area contributed by atoms with Gasteiger partial charge in [0.1, 0.15) is 7.85 Å². The third-order valence-electron chi connectivity index (χ3n) is 2.61. The lowest BCUT2D eigenvalue weighted by Gasteiger charge is -2.11.